The number of aromatic nitrogens is 3. The summed E-state index contributed by atoms with van der Waals surface area (Å²) >= 11 is 1.10. The maximum atomic E-state index is 14.7. The summed E-state index contributed by atoms with van der Waals surface area (Å²) in [4.78, 5) is 38.7. The van der Waals surface area contributed by atoms with Crippen molar-refractivity contribution in [3.8, 4) is 33.4 Å². The van der Waals surface area contributed by atoms with Crippen LogP contribution in [-0.4, -0.2) is 58.1 Å². The summed E-state index contributed by atoms with van der Waals surface area (Å²) in [5, 5.41) is 5.07. The third-order valence-electron chi connectivity index (χ3n) is 6.86. The molecule has 8 nitrogen and oxygen atoms in total. The first-order valence-corrected chi connectivity index (χ1v) is 14.7. The molecule has 1 aromatic carbocycles. The summed E-state index contributed by atoms with van der Waals surface area (Å²) in [6, 6.07) is 7.16. The number of allylic oxidation sites excluding steroid dienone is 1. The van der Waals surface area contributed by atoms with E-state index in [1.54, 1.807) is 23.3 Å². The predicted octanol–water partition coefficient (Wildman–Crippen LogP) is 6.05. The number of benzene rings is 1. The second kappa shape index (κ2) is 12.7. The maximum Gasteiger partial charge on any atom is 0.416 e. The van der Waals surface area contributed by atoms with E-state index in [0.29, 0.717) is 37.4 Å². The second-order valence-electron chi connectivity index (χ2n) is 10.3. The highest BCUT2D eigenvalue weighted by atomic mass is 32.1. The van der Waals surface area contributed by atoms with Gasteiger partial charge in [0.25, 0.3) is 11.5 Å². The van der Waals surface area contributed by atoms with E-state index < -0.39 is 23.1 Å². The number of piperazine rings is 1. The smallest absolute Gasteiger partial charge is 0.416 e. The van der Waals surface area contributed by atoms with Gasteiger partial charge < -0.3 is 15.0 Å². The molecule has 4 aromatic rings. The fourth-order valence-electron chi connectivity index (χ4n) is 4.83. The van der Waals surface area contributed by atoms with Gasteiger partial charge in [-0.1, -0.05) is 17.7 Å². The molecule has 44 heavy (non-hydrogen) atoms. The van der Waals surface area contributed by atoms with Crippen LogP contribution in [0.4, 0.5) is 17.6 Å². The Bertz CT molecular complexity index is 1770. The van der Waals surface area contributed by atoms with E-state index in [1.165, 1.54) is 22.8 Å². The summed E-state index contributed by atoms with van der Waals surface area (Å²) in [6.07, 6.45) is -1.83. The fraction of sp³-hybridized carbons (Fsp3) is 0.290. The minimum absolute atomic E-state index is 0.00158. The Hall–Kier alpha value is -4.36. The van der Waals surface area contributed by atoms with Gasteiger partial charge in [-0.05, 0) is 45.0 Å². The lowest BCUT2D eigenvalue weighted by atomic mass is 10.0. The molecule has 0 atom stereocenters. The highest BCUT2D eigenvalue weighted by Gasteiger charge is 2.30. The van der Waals surface area contributed by atoms with Gasteiger partial charge in [0.05, 0.1) is 40.9 Å². The van der Waals surface area contributed by atoms with E-state index in [-0.39, 0.29) is 45.9 Å². The van der Waals surface area contributed by atoms with Gasteiger partial charge >= 0.3 is 6.18 Å². The number of nitrogens with one attached hydrogen (secondary N) is 1. The summed E-state index contributed by atoms with van der Waals surface area (Å²) in [5.41, 5.74) is 0.666. The lowest BCUT2D eigenvalue weighted by molar-refractivity contribution is -0.137. The van der Waals surface area contributed by atoms with Crippen molar-refractivity contribution < 1.29 is 27.1 Å². The molecule has 1 N–H and O–H groups in total. The molecule has 0 bridgehead atoms. The quantitative estimate of drug-likeness (QED) is 0.251. The first-order valence-electron chi connectivity index (χ1n) is 13.8. The average Bonchev–Trinajstić information content (AvgIpc) is 3.48. The third-order valence-corrected chi connectivity index (χ3v) is 7.74. The summed E-state index contributed by atoms with van der Waals surface area (Å²) in [7, 11) is 0. The SMILES string of the molecule is CCOc1ncc(F)cc1-n1c(C=C(C)C)c(C(=O)N2CCNCC2)cc(-c2nc(-c3ccc(C(F)(F)F)cc3)cs2)c1=O. The van der Waals surface area contributed by atoms with Crippen molar-refractivity contribution in [2.45, 2.75) is 26.9 Å². The summed E-state index contributed by atoms with van der Waals surface area (Å²) in [5.74, 6) is -1.03. The first-order chi connectivity index (χ1) is 21.0. The molecule has 0 saturated carbocycles. The van der Waals surface area contributed by atoms with Crippen molar-refractivity contribution in [3.63, 3.8) is 0 Å². The zero-order valence-electron chi connectivity index (χ0n) is 24.2. The van der Waals surface area contributed by atoms with Crippen LogP contribution in [-0.2, 0) is 6.18 Å². The zero-order chi connectivity index (χ0) is 31.6. The lowest BCUT2D eigenvalue weighted by Gasteiger charge is -2.29. The van der Waals surface area contributed by atoms with Crippen LogP contribution in [0.15, 0.2) is 58.3 Å². The van der Waals surface area contributed by atoms with Crippen molar-refractivity contribution >= 4 is 23.3 Å². The van der Waals surface area contributed by atoms with Crippen LogP contribution in [0.3, 0.4) is 0 Å². The minimum atomic E-state index is -4.48. The van der Waals surface area contributed by atoms with Crippen molar-refractivity contribution in [1.29, 1.82) is 0 Å². The van der Waals surface area contributed by atoms with Crippen LogP contribution >= 0.6 is 11.3 Å². The number of alkyl halides is 3. The Morgan fingerprint density at radius 2 is 1.84 bits per heavy atom. The number of rotatable bonds is 7. The Balaban J connectivity index is 1.75. The van der Waals surface area contributed by atoms with Crippen molar-refractivity contribution in [2.75, 3.05) is 32.8 Å². The molecule has 5 rings (SSSR count). The van der Waals surface area contributed by atoms with Crippen LogP contribution in [0, 0.1) is 5.82 Å². The van der Waals surface area contributed by atoms with E-state index >= 15 is 0 Å². The first kappa shape index (κ1) is 31.1. The number of carbonyl (C=O) groups excluding carboxylic acids is 1. The highest BCUT2D eigenvalue weighted by molar-refractivity contribution is 7.13. The predicted molar refractivity (Wildman–Crippen MR) is 161 cm³/mol. The number of thiazole rings is 1. The van der Waals surface area contributed by atoms with Crippen molar-refractivity contribution in [3.05, 3.63) is 86.5 Å². The van der Waals surface area contributed by atoms with Crippen molar-refractivity contribution in [1.82, 2.24) is 24.8 Å². The van der Waals surface area contributed by atoms with Crippen LogP contribution in [0.25, 0.3) is 33.6 Å². The van der Waals surface area contributed by atoms with Crippen LogP contribution in [0.1, 0.15) is 42.4 Å². The molecule has 1 saturated heterocycles. The maximum absolute atomic E-state index is 14.7. The van der Waals surface area contributed by atoms with E-state index in [1.807, 2.05) is 13.8 Å². The normalized spacial score (nSPS) is 13.6. The third kappa shape index (κ3) is 6.43. The summed E-state index contributed by atoms with van der Waals surface area (Å²) in [6.45, 7) is 7.63. The average molecular weight is 628 g/mol. The minimum Gasteiger partial charge on any atom is -0.476 e. The lowest BCUT2D eigenvalue weighted by Crippen LogP contribution is -2.47. The van der Waals surface area contributed by atoms with Gasteiger partial charge in [-0.25, -0.2) is 14.4 Å². The molecule has 1 fully saturated rings. The second-order valence-corrected chi connectivity index (χ2v) is 11.1. The van der Waals surface area contributed by atoms with Crippen LogP contribution < -0.4 is 15.6 Å². The molecule has 0 unspecified atom stereocenters. The number of hydrogen-bond acceptors (Lipinski definition) is 7. The molecular weight excluding hydrogens is 598 g/mol. The van der Waals surface area contributed by atoms with Crippen molar-refractivity contribution in [2.24, 2.45) is 0 Å². The molecule has 0 aliphatic carbocycles. The van der Waals surface area contributed by atoms with E-state index in [9.17, 15) is 27.2 Å². The number of pyridine rings is 2. The van der Waals surface area contributed by atoms with Crippen LogP contribution in [0.5, 0.6) is 5.88 Å². The number of carbonyl (C=O) groups is 1. The zero-order valence-corrected chi connectivity index (χ0v) is 25.0. The Morgan fingerprint density at radius 3 is 2.48 bits per heavy atom. The molecule has 230 valence electrons. The number of hydrogen-bond donors (Lipinski definition) is 1. The van der Waals surface area contributed by atoms with Gasteiger partial charge in [-0.3, -0.25) is 14.2 Å². The Kier molecular flexibility index (Phi) is 8.97. The largest absolute Gasteiger partial charge is 0.476 e. The molecule has 1 amide bonds. The number of nitrogens with zero attached hydrogens (tertiary/aromatic N) is 4. The monoisotopic (exact) mass is 627 g/mol. The molecular formula is C31H29F4N5O3S. The number of ether oxygens (including phenoxy) is 1. The number of amides is 1. The fourth-order valence-corrected chi connectivity index (χ4v) is 5.67. The van der Waals surface area contributed by atoms with Gasteiger partial charge in [0.2, 0.25) is 5.88 Å². The topological polar surface area (TPSA) is 89.3 Å². The van der Waals surface area contributed by atoms with Gasteiger partial charge in [0.15, 0.2) is 0 Å². The summed E-state index contributed by atoms with van der Waals surface area (Å²) < 4.78 is 60.8. The highest BCUT2D eigenvalue weighted by Crippen LogP contribution is 2.34. The molecule has 0 radical (unpaired) electrons. The van der Waals surface area contributed by atoms with Gasteiger partial charge in [-0.15, -0.1) is 11.3 Å². The van der Waals surface area contributed by atoms with Crippen LogP contribution in [0.2, 0.25) is 0 Å². The standard InChI is InChI=1S/C31H29F4N5O3S/c1-4-43-27-26(14-21(32)16-37-27)40-25(13-18(2)3)22(29(41)39-11-9-36-10-12-39)15-23(30(40)42)28-38-24(17-44-28)19-5-7-20(8-6-19)31(33,34)35/h5-8,13-17,36H,4,9-12H2,1-3H3. The van der Waals surface area contributed by atoms with Gasteiger partial charge in [0.1, 0.15) is 16.5 Å². The van der Waals surface area contributed by atoms with E-state index in [0.717, 1.165) is 41.3 Å². The molecule has 4 heterocycles. The Morgan fingerprint density at radius 1 is 1.14 bits per heavy atom. The molecule has 1 aliphatic heterocycles. The number of halogens is 4. The molecule has 0 spiro atoms. The van der Waals surface area contributed by atoms with Gasteiger partial charge in [0, 0.05) is 43.2 Å². The molecule has 1 aliphatic rings. The van der Waals surface area contributed by atoms with Gasteiger partial charge in [-0.2, -0.15) is 13.2 Å². The van der Waals surface area contributed by atoms with E-state index in [4.69, 9.17) is 4.74 Å². The van der Waals surface area contributed by atoms with E-state index in [2.05, 4.69) is 15.3 Å². The Labute approximate surface area is 254 Å². The molecule has 13 heteroatoms. The molecule has 3 aromatic heterocycles.